The summed E-state index contributed by atoms with van der Waals surface area (Å²) in [5, 5.41) is 3.39. The molecule has 0 aromatic carbocycles. The van der Waals surface area contributed by atoms with Gasteiger partial charge in [0, 0.05) is 25.7 Å². The van der Waals surface area contributed by atoms with E-state index in [1.54, 1.807) is 0 Å². The number of nitrogens with zero attached hydrogens (tertiary/aromatic N) is 2. The van der Waals surface area contributed by atoms with Gasteiger partial charge >= 0.3 is 0 Å². The van der Waals surface area contributed by atoms with Crippen molar-refractivity contribution in [1.82, 2.24) is 10.2 Å². The first kappa shape index (κ1) is 8.85. The Morgan fingerprint density at radius 2 is 2.54 bits per heavy atom. The lowest BCUT2D eigenvalue weighted by atomic mass is 10.0. The largest absolute Gasteiger partial charge is 0.356 e. The fourth-order valence-electron chi connectivity index (χ4n) is 2.28. The fourth-order valence-corrected chi connectivity index (χ4v) is 2.28. The van der Waals surface area contributed by atoms with E-state index in [0.29, 0.717) is 0 Å². The third kappa shape index (κ3) is 1.79. The van der Waals surface area contributed by atoms with Crippen LogP contribution >= 0.6 is 0 Å². The highest BCUT2D eigenvalue weighted by atomic mass is 15.3. The van der Waals surface area contributed by atoms with Crippen LogP contribution in [0.4, 0.5) is 0 Å². The molecule has 0 aromatic rings. The van der Waals surface area contributed by atoms with Crippen LogP contribution < -0.4 is 5.32 Å². The molecule has 1 atom stereocenters. The first-order chi connectivity index (χ1) is 6.42. The van der Waals surface area contributed by atoms with Gasteiger partial charge in [-0.25, -0.2) is 0 Å². The SMILES string of the molecule is CCCC1CCNC2=NCCCN21. The van der Waals surface area contributed by atoms with E-state index < -0.39 is 0 Å². The Morgan fingerprint density at radius 3 is 3.38 bits per heavy atom. The molecule has 1 unspecified atom stereocenters. The first-order valence-corrected chi connectivity index (χ1v) is 5.47. The predicted molar refractivity (Wildman–Crippen MR) is 54.9 cm³/mol. The Morgan fingerprint density at radius 1 is 1.62 bits per heavy atom. The third-order valence-corrected chi connectivity index (χ3v) is 2.91. The molecule has 74 valence electrons. The molecule has 0 amide bonds. The van der Waals surface area contributed by atoms with Gasteiger partial charge in [-0.2, -0.15) is 0 Å². The van der Waals surface area contributed by atoms with Gasteiger partial charge in [0.15, 0.2) is 5.96 Å². The molecule has 13 heavy (non-hydrogen) atoms. The second-order valence-electron chi connectivity index (χ2n) is 3.91. The van der Waals surface area contributed by atoms with Gasteiger partial charge < -0.3 is 10.2 Å². The van der Waals surface area contributed by atoms with Gasteiger partial charge in [0.2, 0.25) is 0 Å². The summed E-state index contributed by atoms with van der Waals surface area (Å²) in [5.41, 5.74) is 0. The van der Waals surface area contributed by atoms with Crippen molar-refractivity contribution in [2.75, 3.05) is 19.6 Å². The van der Waals surface area contributed by atoms with Crippen LogP contribution in [0.3, 0.4) is 0 Å². The number of guanidine groups is 1. The number of nitrogens with one attached hydrogen (secondary N) is 1. The highest BCUT2D eigenvalue weighted by Gasteiger charge is 2.26. The average molecular weight is 181 g/mol. The van der Waals surface area contributed by atoms with Crippen molar-refractivity contribution in [3.05, 3.63) is 0 Å². The number of aliphatic imine (C=N–C) groups is 1. The number of hydrogen-bond donors (Lipinski definition) is 1. The maximum absolute atomic E-state index is 4.52. The van der Waals surface area contributed by atoms with Crippen molar-refractivity contribution in [1.29, 1.82) is 0 Å². The molecule has 0 spiro atoms. The Labute approximate surface area is 80.2 Å². The minimum Gasteiger partial charge on any atom is -0.356 e. The molecule has 0 aromatic heterocycles. The molecule has 1 fully saturated rings. The zero-order chi connectivity index (χ0) is 9.10. The van der Waals surface area contributed by atoms with Crippen LogP contribution in [0, 0.1) is 0 Å². The lowest BCUT2D eigenvalue weighted by molar-refractivity contribution is 0.236. The van der Waals surface area contributed by atoms with Crippen molar-refractivity contribution in [2.24, 2.45) is 4.99 Å². The van der Waals surface area contributed by atoms with Gasteiger partial charge in [-0.1, -0.05) is 13.3 Å². The maximum Gasteiger partial charge on any atom is 0.194 e. The van der Waals surface area contributed by atoms with Crippen LogP contribution in [0.5, 0.6) is 0 Å². The second-order valence-corrected chi connectivity index (χ2v) is 3.91. The molecule has 3 heteroatoms. The summed E-state index contributed by atoms with van der Waals surface area (Å²) >= 11 is 0. The molecule has 2 aliphatic heterocycles. The smallest absolute Gasteiger partial charge is 0.194 e. The van der Waals surface area contributed by atoms with Crippen LogP contribution in [-0.4, -0.2) is 36.5 Å². The predicted octanol–water partition coefficient (Wildman–Crippen LogP) is 1.21. The molecule has 0 saturated carbocycles. The third-order valence-electron chi connectivity index (χ3n) is 2.91. The van der Waals surface area contributed by atoms with Gasteiger partial charge in [0.05, 0.1) is 0 Å². The minimum absolute atomic E-state index is 0.755. The first-order valence-electron chi connectivity index (χ1n) is 5.47. The lowest BCUT2D eigenvalue weighted by Gasteiger charge is -2.40. The van der Waals surface area contributed by atoms with Crippen LogP contribution in [0.25, 0.3) is 0 Å². The molecule has 1 N–H and O–H groups in total. The summed E-state index contributed by atoms with van der Waals surface area (Å²) in [6.45, 7) is 5.59. The minimum atomic E-state index is 0.755. The molecule has 0 aliphatic carbocycles. The van der Waals surface area contributed by atoms with Crippen molar-refractivity contribution >= 4 is 5.96 Å². The number of fused-ring (bicyclic) bond motifs is 1. The highest BCUT2D eigenvalue weighted by molar-refractivity contribution is 5.81. The van der Waals surface area contributed by atoms with Crippen molar-refractivity contribution in [3.8, 4) is 0 Å². The summed E-state index contributed by atoms with van der Waals surface area (Å²) in [5.74, 6) is 1.16. The summed E-state index contributed by atoms with van der Waals surface area (Å²) in [7, 11) is 0. The van der Waals surface area contributed by atoms with Gasteiger partial charge in [-0.3, -0.25) is 4.99 Å². The molecule has 2 rings (SSSR count). The quantitative estimate of drug-likeness (QED) is 0.693. The molecule has 0 radical (unpaired) electrons. The normalized spacial score (nSPS) is 27.6. The van der Waals surface area contributed by atoms with E-state index in [0.717, 1.165) is 25.1 Å². The molecular formula is C10H19N3. The van der Waals surface area contributed by atoms with Gasteiger partial charge in [0.1, 0.15) is 0 Å². The van der Waals surface area contributed by atoms with Gasteiger partial charge in [0.25, 0.3) is 0 Å². The molecule has 1 saturated heterocycles. The van der Waals surface area contributed by atoms with Crippen molar-refractivity contribution in [2.45, 2.75) is 38.6 Å². The van der Waals surface area contributed by atoms with Crippen LogP contribution in [0.2, 0.25) is 0 Å². The van der Waals surface area contributed by atoms with E-state index in [2.05, 4.69) is 22.1 Å². The fraction of sp³-hybridized carbons (Fsp3) is 0.900. The van der Waals surface area contributed by atoms with Crippen LogP contribution in [0.1, 0.15) is 32.6 Å². The van der Waals surface area contributed by atoms with E-state index in [4.69, 9.17) is 0 Å². The highest BCUT2D eigenvalue weighted by Crippen LogP contribution is 2.17. The molecule has 2 heterocycles. The van der Waals surface area contributed by atoms with E-state index >= 15 is 0 Å². The Balaban J connectivity index is 2.04. The van der Waals surface area contributed by atoms with E-state index in [9.17, 15) is 0 Å². The molecular weight excluding hydrogens is 162 g/mol. The van der Waals surface area contributed by atoms with E-state index in [1.165, 1.54) is 32.2 Å². The standard InChI is InChI=1S/C10H19N3/c1-2-4-9-5-7-12-10-11-6-3-8-13(9)10/h9H,2-8H2,1H3,(H,11,12). The summed E-state index contributed by atoms with van der Waals surface area (Å²) in [6, 6.07) is 0.755. The summed E-state index contributed by atoms with van der Waals surface area (Å²) < 4.78 is 0. The van der Waals surface area contributed by atoms with Crippen molar-refractivity contribution < 1.29 is 0 Å². The molecule has 0 bridgehead atoms. The molecule has 2 aliphatic rings. The number of hydrogen-bond acceptors (Lipinski definition) is 3. The zero-order valence-electron chi connectivity index (χ0n) is 8.42. The summed E-state index contributed by atoms with van der Waals surface area (Å²) in [4.78, 5) is 6.98. The zero-order valence-corrected chi connectivity index (χ0v) is 8.42. The monoisotopic (exact) mass is 181 g/mol. The number of rotatable bonds is 2. The summed E-state index contributed by atoms with van der Waals surface area (Å²) in [6.07, 6.45) is 5.12. The lowest BCUT2D eigenvalue weighted by Crippen LogP contribution is -2.55. The van der Waals surface area contributed by atoms with Crippen molar-refractivity contribution in [3.63, 3.8) is 0 Å². The van der Waals surface area contributed by atoms with Crippen LogP contribution in [0.15, 0.2) is 4.99 Å². The van der Waals surface area contributed by atoms with Crippen LogP contribution in [-0.2, 0) is 0 Å². The Hall–Kier alpha value is -0.730. The Bertz CT molecular complexity index is 198. The van der Waals surface area contributed by atoms with E-state index in [1.807, 2.05) is 0 Å². The maximum atomic E-state index is 4.52. The Kier molecular flexibility index (Phi) is 2.71. The van der Waals surface area contributed by atoms with Gasteiger partial charge in [-0.15, -0.1) is 0 Å². The molecule has 3 nitrogen and oxygen atoms in total. The van der Waals surface area contributed by atoms with Gasteiger partial charge in [-0.05, 0) is 19.3 Å². The topological polar surface area (TPSA) is 27.6 Å². The second kappa shape index (κ2) is 3.99. The average Bonchev–Trinajstić information content (AvgIpc) is 2.19. The van der Waals surface area contributed by atoms with E-state index in [-0.39, 0.29) is 0 Å².